The summed E-state index contributed by atoms with van der Waals surface area (Å²) in [6, 6.07) is 5.11. The molecule has 0 aliphatic heterocycles. The number of aromatic nitrogens is 1. The van der Waals surface area contributed by atoms with Gasteiger partial charge < -0.3 is 10.4 Å². The number of thiophene rings is 2. The average Bonchev–Trinajstić information content (AvgIpc) is 2.99. The Balaban J connectivity index is 1.89. The molecule has 0 fully saturated rings. The Hall–Kier alpha value is -2.25. The van der Waals surface area contributed by atoms with Crippen molar-refractivity contribution in [3.05, 3.63) is 46.4 Å². The summed E-state index contributed by atoms with van der Waals surface area (Å²) in [6.45, 7) is 0. The van der Waals surface area contributed by atoms with Gasteiger partial charge in [-0.15, -0.1) is 22.7 Å². The Morgan fingerprint density at radius 2 is 2.10 bits per heavy atom. The third kappa shape index (κ3) is 2.28. The SMILES string of the molecule is O=C(Nc1cnccc1C(=O)O)c1cc2sccc2s1. The van der Waals surface area contributed by atoms with Crippen LogP contribution in [0.4, 0.5) is 5.69 Å². The van der Waals surface area contributed by atoms with Crippen molar-refractivity contribution in [2.75, 3.05) is 5.32 Å². The van der Waals surface area contributed by atoms with E-state index in [0.29, 0.717) is 4.88 Å². The van der Waals surface area contributed by atoms with Crippen LogP contribution in [0, 0.1) is 0 Å². The number of hydrogen-bond donors (Lipinski definition) is 2. The van der Waals surface area contributed by atoms with E-state index >= 15 is 0 Å². The second-order valence-electron chi connectivity index (χ2n) is 3.94. The van der Waals surface area contributed by atoms with Crippen LogP contribution in [-0.2, 0) is 0 Å². The molecular formula is C13H8N2O3S2. The highest BCUT2D eigenvalue weighted by Gasteiger charge is 2.15. The largest absolute Gasteiger partial charge is 0.478 e. The molecule has 2 N–H and O–H groups in total. The fourth-order valence-corrected chi connectivity index (χ4v) is 3.75. The van der Waals surface area contributed by atoms with Crippen molar-refractivity contribution >= 4 is 49.6 Å². The highest BCUT2D eigenvalue weighted by atomic mass is 32.1. The number of anilines is 1. The summed E-state index contributed by atoms with van der Waals surface area (Å²) < 4.78 is 2.09. The molecule has 3 aromatic heterocycles. The van der Waals surface area contributed by atoms with Gasteiger partial charge in [-0.3, -0.25) is 9.78 Å². The molecule has 5 nitrogen and oxygen atoms in total. The van der Waals surface area contributed by atoms with Gasteiger partial charge in [-0.25, -0.2) is 4.79 Å². The number of nitrogens with zero attached hydrogens (tertiary/aromatic N) is 1. The lowest BCUT2D eigenvalue weighted by atomic mass is 10.2. The van der Waals surface area contributed by atoms with E-state index in [0.717, 1.165) is 9.40 Å². The van der Waals surface area contributed by atoms with Gasteiger partial charge in [0, 0.05) is 15.6 Å². The fourth-order valence-electron chi connectivity index (χ4n) is 1.74. The second kappa shape index (κ2) is 5.03. The van der Waals surface area contributed by atoms with Gasteiger partial charge in [0.1, 0.15) is 0 Å². The van der Waals surface area contributed by atoms with Gasteiger partial charge in [-0.2, -0.15) is 0 Å². The lowest BCUT2D eigenvalue weighted by molar-refractivity contribution is 0.0698. The van der Waals surface area contributed by atoms with Gasteiger partial charge in [0.15, 0.2) is 0 Å². The lowest BCUT2D eigenvalue weighted by Gasteiger charge is -2.06. The summed E-state index contributed by atoms with van der Waals surface area (Å²) in [5, 5.41) is 13.6. The molecule has 100 valence electrons. The summed E-state index contributed by atoms with van der Waals surface area (Å²) in [6.07, 6.45) is 2.71. The molecule has 0 aliphatic carbocycles. The summed E-state index contributed by atoms with van der Waals surface area (Å²) in [5.74, 6) is -1.43. The topological polar surface area (TPSA) is 79.3 Å². The molecule has 0 bridgehead atoms. The van der Waals surface area contributed by atoms with Gasteiger partial charge in [-0.05, 0) is 23.6 Å². The van der Waals surface area contributed by atoms with Crippen molar-refractivity contribution in [3.8, 4) is 0 Å². The Labute approximate surface area is 121 Å². The molecule has 20 heavy (non-hydrogen) atoms. The monoisotopic (exact) mass is 304 g/mol. The standard InChI is InChI=1S/C13H8N2O3S2/c16-12(11-5-10-9(20-11)2-4-19-10)15-8-6-14-3-1-7(8)13(17)18/h1-6H,(H,15,16)(H,17,18). The van der Waals surface area contributed by atoms with Gasteiger partial charge >= 0.3 is 5.97 Å². The fraction of sp³-hybridized carbons (Fsp3) is 0. The number of carbonyl (C=O) groups excluding carboxylic acids is 1. The van der Waals surface area contributed by atoms with E-state index in [-0.39, 0.29) is 17.2 Å². The summed E-state index contributed by atoms with van der Waals surface area (Å²) >= 11 is 2.94. The van der Waals surface area contributed by atoms with E-state index in [4.69, 9.17) is 5.11 Å². The number of fused-ring (bicyclic) bond motifs is 1. The molecule has 1 amide bonds. The number of hydrogen-bond acceptors (Lipinski definition) is 5. The average molecular weight is 304 g/mol. The van der Waals surface area contributed by atoms with Crippen LogP contribution < -0.4 is 5.32 Å². The molecule has 0 saturated heterocycles. The first-order valence-corrected chi connectivity index (χ1v) is 7.30. The maximum absolute atomic E-state index is 12.1. The van der Waals surface area contributed by atoms with Crippen LogP contribution in [0.2, 0.25) is 0 Å². The predicted molar refractivity (Wildman–Crippen MR) is 78.9 cm³/mol. The zero-order valence-electron chi connectivity index (χ0n) is 9.99. The number of aromatic carboxylic acids is 1. The van der Waals surface area contributed by atoms with E-state index in [1.807, 2.05) is 11.4 Å². The third-order valence-corrected chi connectivity index (χ3v) is 4.75. The van der Waals surface area contributed by atoms with Crippen LogP contribution in [0.5, 0.6) is 0 Å². The lowest BCUT2D eigenvalue weighted by Crippen LogP contribution is -2.13. The minimum atomic E-state index is -1.10. The van der Waals surface area contributed by atoms with Gasteiger partial charge in [0.05, 0.1) is 22.3 Å². The van der Waals surface area contributed by atoms with Crippen molar-refractivity contribution < 1.29 is 14.7 Å². The van der Waals surface area contributed by atoms with Crippen LogP contribution >= 0.6 is 22.7 Å². The first-order valence-electron chi connectivity index (χ1n) is 5.61. The molecule has 0 aromatic carbocycles. The highest BCUT2D eigenvalue weighted by Crippen LogP contribution is 2.30. The van der Waals surface area contributed by atoms with Crippen LogP contribution in [0.15, 0.2) is 36.0 Å². The quantitative estimate of drug-likeness (QED) is 0.778. The van der Waals surface area contributed by atoms with E-state index in [1.54, 1.807) is 17.4 Å². The maximum atomic E-state index is 12.1. The van der Waals surface area contributed by atoms with Crippen molar-refractivity contribution in [1.82, 2.24) is 4.98 Å². The number of pyridine rings is 1. The third-order valence-electron chi connectivity index (χ3n) is 2.66. The number of rotatable bonds is 3. The van der Waals surface area contributed by atoms with Crippen molar-refractivity contribution in [2.24, 2.45) is 0 Å². The zero-order chi connectivity index (χ0) is 14.1. The first-order chi connectivity index (χ1) is 9.65. The summed E-state index contributed by atoms with van der Waals surface area (Å²) in [4.78, 5) is 27.6. The molecule has 3 rings (SSSR count). The number of carboxylic acids is 1. The van der Waals surface area contributed by atoms with E-state index in [1.165, 1.54) is 29.8 Å². The molecule has 3 heterocycles. The van der Waals surface area contributed by atoms with E-state index < -0.39 is 5.97 Å². The number of amides is 1. The van der Waals surface area contributed by atoms with Crippen molar-refractivity contribution in [1.29, 1.82) is 0 Å². The number of nitrogens with one attached hydrogen (secondary N) is 1. The van der Waals surface area contributed by atoms with Crippen LogP contribution in [0.3, 0.4) is 0 Å². The summed E-state index contributed by atoms with van der Waals surface area (Å²) in [5.41, 5.74) is 0.216. The maximum Gasteiger partial charge on any atom is 0.337 e. The smallest absolute Gasteiger partial charge is 0.337 e. The van der Waals surface area contributed by atoms with E-state index in [2.05, 4.69) is 10.3 Å². The Morgan fingerprint density at radius 1 is 1.25 bits per heavy atom. The number of carbonyl (C=O) groups is 2. The molecular weight excluding hydrogens is 296 g/mol. The minimum absolute atomic E-state index is 0.0201. The second-order valence-corrected chi connectivity index (χ2v) is 5.97. The zero-order valence-corrected chi connectivity index (χ0v) is 11.6. The van der Waals surface area contributed by atoms with Gasteiger partial charge in [0.25, 0.3) is 5.91 Å². The molecule has 0 unspecified atom stereocenters. The minimum Gasteiger partial charge on any atom is -0.478 e. The van der Waals surface area contributed by atoms with Crippen molar-refractivity contribution in [2.45, 2.75) is 0 Å². The normalized spacial score (nSPS) is 10.6. The Bertz CT molecular complexity index is 778. The van der Waals surface area contributed by atoms with Crippen LogP contribution in [-0.4, -0.2) is 22.0 Å². The number of carboxylic acid groups (broad SMARTS) is 1. The van der Waals surface area contributed by atoms with Gasteiger partial charge in [0.2, 0.25) is 0 Å². The molecule has 3 aromatic rings. The molecule has 0 saturated carbocycles. The Morgan fingerprint density at radius 3 is 2.85 bits per heavy atom. The molecule has 0 aliphatic rings. The van der Waals surface area contributed by atoms with Crippen molar-refractivity contribution in [3.63, 3.8) is 0 Å². The first kappa shape index (κ1) is 12.8. The van der Waals surface area contributed by atoms with E-state index in [9.17, 15) is 9.59 Å². The molecule has 0 atom stereocenters. The van der Waals surface area contributed by atoms with Crippen LogP contribution in [0.1, 0.15) is 20.0 Å². The van der Waals surface area contributed by atoms with Gasteiger partial charge in [-0.1, -0.05) is 0 Å². The molecule has 0 radical (unpaired) electrons. The summed E-state index contributed by atoms with van der Waals surface area (Å²) in [7, 11) is 0. The molecule has 7 heteroatoms. The molecule has 0 spiro atoms. The predicted octanol–water partition coefficient (Wildman–Crippen LogP) is 3.31. The Kier molecular flexibility index (Phi) is 3.21. The highest BCUT2D eigenvalue weighted by molar-refractivity contribution is 7.27. The van der Waals surface area contributed by atoms with Crippen LogP contribution in [0.25, 0.3) is 9.40 Å².